The molecule has 0 fully saturated rings. The Labute approximate surface area is 121 Å². The number of hydrogen-bond acceptors (Lipinski definition) is 3. The van der Waals surface area contributed by atoms with Crippen molar-refractivity contribution >= 4 is 29.1 Å². The van der Waals surface area contributed by atoms with Gasteiger partial charge in [0.15, 0.2) is 0 Å². The first kappa shape index (κ1) is 13.8. The van der Waals surface area contributed by atoms with E-state index in [9.17, 15) is 4.79 Å². The Bertz CT molecular complexity index is 569. The summed E-state index contributed by atoms with van der Waals surface area (Å²) >= 11 is 11.6. The summed E-state index contributed by atoms with van der Waals surface area (Å²) in [5.74, 6) is -0.171. The molecule has 0 aliphatic rings. The van der Waals surface area contributed by atoms with Gasteiger partial charge in [-0.15, -0.1) is 0 Å². The Morgan fingerprint density at radius 3 is 2.58 bits per heavy atom. The van der Waals surface area contributed by atoms with Crippen LogP contribution in [-0.2, 0) is 6.54 Å². The smallest absolute Gasteiger partial charge is 0.254 e. The lowest BCUT2D eigenvalue weighted by Crippen LogP contribution is -2.26. The lowest BCUT2D eigenvalue weighted by atomic mass is 10.2. The van der Waals surface area contributed by atoms with Crippen molar-refractivity contribution in [3.8, 4) is 0 Å². The SMILES string of the molecule is CN(Cc1cccnc1)C(=O)c1cc(Cl)nc(Cl)c1. The fraction of sp³-hybridized carbons (Fsp3) is 0.154. The number of pyridine rings is 2. The van der Waals surface area contributed by atoms with E-state index in [0.717, 1.165) is 5.56 Å². The van der Waals surface area contributed by atoms with E-state index in [1.807, 2.05) is 12.1 Å². The third-order valence-corrected chi connectivity index (χ3v) is 2.89. The van der Waals surface area contributed by atoms with Crippen molar-refractivity contribution in [1.29, 1.82) is 0 Å². The number of nitrogens with zero attached hydrogens (tertiary/aromatic N) is 3. The van der Waals surface area contributed by atoms with Crippen LogP contribution in [0.1, 0.15) is 15.9 Å². The van der Waals surface area contributed by atoms with Gasteiger partial charge in [0.2, 0.25) is 0 Å². The predicted octanol–water partition coefficient (Wildman–Crippen LogP) is 3.06. The van der Waals surface area contributed by atoms with Crippen LogP contribution in [-0.4, -0.2) is 27.8 Å². The molecule has 4 nitrogen and oxygen atoms in total. The normalized spacial score (nSPS) is 10.3. The van der Waals surface area contributed by atoms with Crippen LogP contribution in [0.15, 0.2) is 36.7 Å². The quantitative estimate of drug-likeness (QED) is 0.818. The topological polar surface area (TPSA) is 46.1 Å². The van der Waals surface area contributed by atoms with E-state index in [1.54, 1.807) is 24.3 Å². The first-order valence-electron chi connectivity index (χ1n) is 5.54. The molecular formula is C13H11Cl2N3O. The highest BCUT2D eigenvalue weighted by Gasteiger charge is 2.14. The summed E-state index contributed by atoms with van der Waals surface area (Å²) in [7, 11) is 1.71. The van der Waals surface area contributed by atoms with E-state index in [2.05, 4.69) is 9.97 Å². The summed E-state index contributed by atoms with van der Waals surface area (Å²) in [6.45, 7) is 0.463. The Morgan fingerprint density at radius 1 is 1.32 bits per heavy atom. The number of halogens is 2. The summed E-state index contributed by atoms with van der Waals surface area (Å²) in [5, 5.41) is 0.399. The Hall–Kier alpha value is -1.65. The van der Waals surface area contributed by atoms with Crippen molar-refractivity contribution in [1.82, 2.24) is 14.9 Å². The molecule has 2 aromatic heterocycles. The van der Waals surface area contributed by atoms with Crippen molar-refractivity contribution in [3.63, 3.8) is 0 Å². The van der Waals surface area contributed by atoms with Gasteiger partial charge in [-0.2, -0.15) is 0 Å². The van der Waals surface area contributed by atoms with E-state index < -0.39 is 0 Å². The number of carbonyl (C=O) groups is 1. The second-order valence-electron chi connectivity index (χ2n) is 4.02. The molecule has 98 valence electrons. The highest BCUT2D eigenvalue weighted by molar-refractivity contribution is 6.33. The molecule has 2 heterocycles. The summed E-state index contributed by atoms with van der Waals surface area (Å²) in [6, 6.07) is 6.72. The molecule has 0 saturated heterocycles. The maximum atomic E-state index is 12.2. The fourth-order valence-electron chi connectivity index (χ4n) is 1.65. The average Bonchev–Trinajstić information content (AvgIpc) is 2.37. The molecule has 1 amide bonds. The van der Waals surface area contributed by atoms with Crippen LogP contribution in [0, 0.1) is 0 Å². The van der Waals surface area contributed by atoms with Crippen LogP contribution in [0.5, 0.6) is 0 Å². The third-order valence-electron chi connectivity index (χ3n) is 2.50. The van der Waals surface area contributed by atoms with Gasteiger partial charge in [-0.1, -0.05) is 29.3 Å². The second-order valence-corrected chi connectivity index (χ2v) is 4.80. The first-order valence-corrected chi connectivity index (χ1v) is 6.29. The van der Waals surface area contributed by atoms with E-state index in [4.69, 9.17) is 23.2 Å². The molecule has 2 aromatic rings. The molecule has 0 bridgehead atoms. The van der Waals surface area contributed by atoms with E-state index in [-0.39, 0.29) is 16.2 Å². The molecule has 0 spiro atoms. The number of amides is 1. The third kappa shape index (κ3) is 3.66. The molecule has 0 aliphatic heterocycles. The molecule has 0 unspecified atom stereocenters. The summed E-state index contributed by atoms with van der Waals surface area (Å²) in [5.41, 5.74) is 1.36. The molecule has 0 aromatic carbocycles. The zero-order chi connectivity index (χ0) is 13.8. The monoisotopic (exact) mass is 295 g/mol. The standard InChI is InChI=1S/C13H11Cl2N3O/c1-18(8-9-3-2-4-16-7-9)13(19)10-5-11(14)17-12(15)6-10/h2-7H,8H2,1H3. The van der Waals surface area contributed by atoms with Crippen LogP contribution < -0.4 is 0 Å². The Morgan fingerprint density at radius 2 is 2.00 bits per heavy atom. The summed E-state index contributed by atoms with van der Waals surface area (Å²) < 4.78 is 0. The van der Waals surface area contributed by atoms with Crippen molar-refractivity contribution in [2.75, 3.05) is 7.05 Å². The van der Waals surface area contributed by atoms with Gasteiger partial charge in [-0.3, -0.25) is 9.78 Å². The zero-order valence-corrected chi connectivity index (χ0v) is 11.7. The molecule has 19 heavy (non-hydrogen) atoms. The van der Waals surface area contributed by atoms with E-state index in [1.165, 1.54) is 12.1 Å². The van der Waals surface area contributed by atoms with Crippen LogP contribution in [0.4, 0.5) is 0 Å². The number of carbonyl (C=O) groups excluding carboxylic acids is 1. The van der Waals surface area contributed by atoms with Crippen LogP contribution in [0.25, 0.3) is 0 Å². The molecule has 6 heteroatoms. The molecule has 2 rings (SSSR count). The van der Waals surface area contributed by atoms with Crippen LogP contribution in [0.2, 0.25) is 10.3 Å². The molecule has 0 N–H and O–H groups in total. The maximum Gasteiger partial charge on any atom is 0.254 e. The maximum absolute atomic E-state index is 12.2. The Balaban J connectivity index is 2.15. The molecule has 0 saturated carbocycles. The van der Waals surface area contributed by atoms with Gasteiger partial charge < -0.3 is 4.90 Å². The van der Waals surface area contributed by atoms with Gasteiger partial charge in [0.25, 0.3) is 5.91 Å². The molecular weight excluding hydrogens is 285 g/mol. The van der Waals surface area contributed by atoms with Crippen LogP contribution >= 0.6 is 23.2 Å². The van der Waals surface area contributed by atoms with E-state index >= 15 is 0 Å². The molecule has 0 atom stereocenters. The van der Waals surface area contributed by atoms with Crippen molar-refractivity contribution in [2.45, 2.75) is 6.54 Å². The van der Waals surface area contributed by atoms with E-state index in [0.29, 0.717) is 12.1 Å². The van der Waals surface area contributed by atoms with Gasteiger partial charge >= 0.3 is 0 Å². The van der Waals surface area contributed by atoms with Gasteiger partial charge in [-0.05, 0) is 23.8 Å². The number of rotatable bonds is 3. The van der Waals surface area contributed by atoms with Crippen LogP contribution in [0.3, 0.4) is 0 Å². The summed E-state index contributed by atoms with van der Waals surface area (Å²) in [6.07, 6.45) is 3.41. The minimum Gasteiger partial charge on any atom is -0.337 e. The minimum atomic E-state index is -0.171. The fourth-order valence-corrected chi connectivity index (χ4v) is 2.11. The minimum absolute atomic E-state index is 0.171. The van der Waals surface area contributed by atoms with Gasteiger partial charge in [0, 0.05) is 31.5 Å². The van der Waals surface area contributed by atoms with Gasteiger partial charge in [0.05, 0.1) is 0 Å². The predicted molar refractivity (Wildman–Crippen MR) is 74.3 cm³/mol. The Kier molecular flexibility index (Phi) is 4.35. The second kappa shape index (κ2) is 5.99. The van der Waals surface area contributed by atoms with Gasteiger partial charge in [-0.25, -0.2) is 4.98 Å². The lowest BCUT2D eigenvalue weighted by molar-refractivity contribution is 0.0785. The summed E-state index contributed by atoms with van der Waals surface area (Å²) in [4.78, 5) is 21.6. The first-order chi connectivity index (χ1) is 9.06. The highest BCUT2D eigenvalue weighted by atomic mass is 35.5. The van der Waals surface area contributed by atoms with Crippen molar-refractivity contribution in [2.24, 2.45) is 0 Å². The average molecular weight is 296 g/mol. The highest BCUT2D eigenvalue weighted by Crippen LogP contribution is 2.16. The lowest BCUT2D eigenvalue weighted by Gasteiger charge is -2.17. The number of aromatic nitrogens is 2. The zero-order valence-electron chi connectivity index (χ0n) is 10.2. The van der Waals surface area contributed by atoms with Crippen molar-refractivity contribution < 1.29 is 4.79 Å². The largest absolute Gasteiger partial charge is 0.337 e. The molecule has 0 aliphatic carbocycles. The molecule has 0 radical (unpaired) electrons. The van der Waals surface area contributed by atoms with Crippen molar-refractivity contribution in [3.05, 3.63) is 58.1 Å². The van der Waals surface area contributed by atoms with Gasteiger partial charge in [0.1, 0.15) is 10.3 Å². The number of hydrogen-bond donors (Lipinski definition) is 0.